The van der Waals surface area contributed by atoms with Crippen molar-refractivity contribution < 1.29 is 109 Å². The van der Waals surface area contributed by atoms with Crippen LogP contribution in [0.2, 0.25) is 0 Å². The smallest absolute Gasteiger partial charge is 0.315 e. The van der Waals surface area contributed by atoms with Crippen LogP contribution >= 0.6 is 0 Å². The Labute approximate surface area is 437 Å². The standard InChI is InChI=1S/C53H86O22/c1-23-32(57)35(60)39(64)45(70-23)74-42-27(19-54)71-43(41(66)37(42)62)69-21-28-34(59)36(61)40(65)46(72-28)75-47(67)53-16-14-48(2,3)18-25(53)24-8-9-30-49(4)12-11-31(73-44-38(63)33(58)26(56)20-68-44)50(5,22-55)29(49)10-13-52(30,7)51(24,6)15-17-53/h8,23,25-46,54-66H,9-22H2,1-7H3/t23-,25-,26-,27+,28+,29+,30+,31-,32-,33-,34+,35+,36-,37+,38+,39+,40+,41+,42+,43+,44-,45-,46-,49-,50-,51+,52+,53-/m1/s1. The maximum absolute atomic E-state index is 15.1. The molecule has 0 bridgehead atoms. The van der Waals surface area contributed by atoms with E-state index in [0.29, 0.717) is 38.5 Å². The van der Waals surface area contributed by atoms with Crippen molar-refractivity contribution in [2.24, 2.45) is 50.2 Å². The van der Waals surface area contributed by atoms with E-state index < -0.39 is 153 Å². The number of esters is 1. The van der Waals surface area contributed by atoms with Crippen molar-refractivity contribution in [2.45, 2.75) is 235 Å². The maximum Gasteiger partial charge on any atom is 0.315 e. The summed E-state index contributed by atoms with van der Waals surface area (Å²) < 4.78 is 47.0. The highest BCUT2D eigenvalue weighted by Crippen LogP contribution is 2.76. The van der Waals surface area contributed by atoms with Crippen LogP contribution in [-0.2, 0) is 42.7 Å². The molecule has 22 nitrogen and oxygen atoms in total. The minimum absolute atomic E-state index is 0.0319. The first-order valence-corrected chi connectivity index (χ1v) is 27.3. The molecule has 0 aromatic heterocycles. The summed E-state index contributed by atoms with van der Waals surface area (Å²) in [6.45, 7) is 13.2. The molecule has 13 N–H and O–H groups in total. The van der Waals surface area contributed by atoms with Gasteiger partial charge in [-0.3, -0.25) is 4.79 Å². The van der Waals surface area contributed by atoms with Crippen LogP contribution in [0.4, 0.5) is 0 Å². The molecule has 430 valence electrons. The summed E-state index contributed by atoms with van der Waals surface area (Å²) in [7, 11) is 0. The van der Waals surface area contributed by atoms with E-state index in [1.807, 2.05) is 6.92 Å². The van der Waals surface area contributed by atoms with Crippen molar-refractivity contribution in [1.29, 1.82) is 0 Å². The lowest BCUT2D eigenvalue weighted by Crippen LogP contribution is -2.67. The molecule has 9 aliphatic rings. The average molecular weight is 1080 g/mol. The third kappa shape index (κ3) is 9.50. The molecule has 4 aliphatic heterocycles. The van der Waals surface area contributed by atoms with Gasteiger partial charge in [-0.15, -0.1) is 0 Å². The van der Waals surface area contributed by atoms with E-state index in [1.54, 1.807) is 0 Å². The minimum Gasteiger partial charge on any atom is -0.432 e. The van der Waals surface area contributed by atoms with Gasteiger partial charge in [0, 0.05) is 5.41 Å². The highest BCUT2D eigenvalue weighted by molar-refractivity contribution is 5.79. The second-order valence-corrected chi connectivity index (χ2v) is 25.7. The Morgan fingerprint density at radius 2 is 1.28 bits per heavy atom. The summed E-state index contributed by atoms with van der Waals surface area (Å²) in [4.78, 5) is 15.1. The Balaban J connectivity index is 0.898. The van der Waals surface area contributed by atoms with E-state index in [-0.39, 0.29) is 52.6 Å². The predicted octanol–water partition coefficient (Wildman–Crippen LogP) is -1.40. The van der Waals surface area contributed by atoms with Crippen LogP contribution in [0.5, 0.6) is 0 Å². The zero-order valence-electron chi connectivity index (χ0n) is 44.2. The molecule has 0 radical (unpaired) electrons. The summed E-state index contributed by atoms with van der Waals surface area (Å²) in [6, 6.07) is 0. The number of carbonyl (C=O) groups is 1. The van der Waals surface area contributed by atoms with Crippen molar-refractivity contribution in [1.82, 2.24) is 0 Å². The number of aliphatic hydroxyl groups excluding tert-OH is 13. The van der Waals surface area contributed by atoms with Gasteiger partial charge in [-0.2, -0.15) is 0 Å². The molecular weight excluding hydrogens is 989 g/mol. The summed E-state index contributed by atoms with van der Waals surface area (Å²) >= 11 is 0. The number of hydrogen-bond donors (Lipinski definition) is 13. The Bertz CT molecular complexity index is 2060. The van der Waals surface area contributed by atoms with Gasteiger partial charge in [0.25, 0.3) is 0 Å². The molecule has 4 heterocycles. The second kappa shape index (κ2) is 21.1. The van der Waals surface area contributed by atoms with E-state index >= 15 is 4.79 Å². The van der Waals surface area contributed by atoms with Gasteiger partial charge in [-0.05, 0) is 111 Å². The fourth-order valence-electron chi connectivity index (χ4n) is 16.1. The molecule has 75 heavy (non-hydrogen) atoms. The van der Waals surface area contributed by atoms with Crippen molar-refractivity contribution >= 4 is 5.97 Å². The highest BCUT2D eigenvalue weighted by atomic mass is 16.8. The predicted molar refractivity (Wildman–Crippen MR) is 257 cm³/mol. The highest BCUT2D eigenvalue weighted by Gasteiger charge is 2.70. The molecule has 0 spiro atoms. The number of fused-ring (bicyclic) bond motifs is 7. The summed E-state index contributed by atoms with van der Waals surface area (Å²) in [6.07, 6.45) is -21.1. The molecule has 28 atom stereocenters. The maximum atomic E-state index is 15.1. The topological polar surface area (TPSA) is 354 Å². The van der Waals surface area contributed by atoms with Gasteiger partial charge in [0.15, 0.2) is 18.9 Å². The molecular formula is C53H86O22. The number of rotatable bonds is 11. The zero-order valence-corrected chi connectivity index (χ0v) is 44.2. The number of hydrogen-bond acceptors (Lipinski definition) is 22. The van der Waals surface area contributed by atoms with E-state index in [9.17, 15) is 66.4 Å². The van der Waals surface area contributed by atoms with Crippen molar-refractivity contribution in [3.8, 4) is 0 Å². The third-order valence-corrected chi connectivity index (χ3v) is 21.1. The first-order valence-electron chi connectivity index (χ1n) is 27.3. The lowest BCUT2D eigenvalue weighted by molar-refractivity contribution is -0.361. The monoisotopic (exact) mass is 1070 g/mol. The molecule has 4 saturated carbocycles. The van der Waals surface area contributed by atoms with Gasteiger partial charge >= 0.3 is 5.97 Å². The van der Waals surface area contributed by atoms with Gasteiger partial charge in [0.1, 0.15) is 85.5 Å². The van der Waals surface area contributed by atoms with Gasteiger partial charge < -0.3 is 104 Å². The summed E-state index contributed by atoms with van der Waals surface area (Å²) in [5, 5.41) is 139. The van der Waals surface area contributed by atoms with Gasteiger partial charge in [-0.25, -0.2) is 0 Å². The van der Waals surface area contributed by atoms with Crippen LogP contribution in [0.1, 0.15) is 113 Å². The largest absolute Gasteiger partial charge is 0.432 e. The number of aliphatic hydroxyl groups is 13. The Kier molecular flexibility index (Phi) is 16.3. The number of carbonyl (C=O) groups excluding carboxylic acids is 1. The zero-order chi connectivity index (χ0) is 54.7. The third-order valence-electron chi connectivity index (χ3n) is 21.1. The summed E-state index contributed by atoms with van der Waals surface area (Å²) in [5.41, 5.74) is -1.46. The molecule has 4 saturated heterocycles. The molecule has 0 unspecified atom stereocenters. The normalized spacial score (nSPS) is 54.8. The molecule has 5 aliphatic carbocycles. The van der Waals surface area contributed by atoms with Crippen LogP contribution in [0.15, 0.2) is 11.6 Å². The average Bonchev–Trinajstić information content (AvgIpc) is 3.37. The second-order valence-electron chi connectivity index (χ2n) is 25.7. The molecule has 8 fully saturated rings. The minimum atomic E-state index is -1.87. The molecule has 0 aromatic carbocycles. The first-order chi connectivity index (χ1) is 35.1. The fourth-order valence-corrected chi connectivity index (χ4v) is 16.1. The molecule has 0 aromatic rings. The lowest BCUT2D eigenvalue weighted by atomic mass is 9.33. The van der Waals surface area contributed by atoms with Crippen LogP contribution in [0.25, 0.3) is 0 Å². The van der Waals surface area contributed by atoms with Crippen LogP contribution in [-0.4, -0.2) is 222 Å². The molecule has 0 amide bonds. The van der Waals surface area contributed by atoms with Gasteiger partial charge in [0.2, 0.25) is 6.29 Å². The number of allylic oxidation sites excluding steroid dienone is 2. The Hall–Kier alpha value is -1.59. The van der Waals surface area contributed by atoms with Crippen LogP contribution in [0, 0.1) is 50.2 Å². The SMILES string of the molecule is C[C@H]1O[C@H](O[C@@H]2[C@@H](O)[C@H](O)[C@@H](OC[C@@H]3O[C@H](OC(=O)[C@@]45CCC(C)(C)C[C@@H]4C4=CC[C@H]6[C@]7(C)CC[C@@H](O[C@H]8OC[C@@H](O)[C@@H](O)[C@@H]8O)[C@](C)(CO)[C@H]7CC[C@]6(C)[C@@]4(C)CC5)[C@@H](O)[C@H](O)[C@H]3O)O[C@H]2CO)[C@@H](O)[C@@H](O)[C@@H]1O. The Morgan fingerprint density at radius 1 is 0.640 bits per heavy atom. The van der Waals surface area contributed by atoms with Gasteiger partial charge in [-0.1, -0.05) is 53.2 Å². The Morgan fingerprint density at radius 3 is 1.97 bits per heavy atom. The van der Waals surface area contributed by atoms with Crippen molar-refractivity contribution in [3.05, 3.63) is 11.6 Å². The van der Waals surface area contributed by atoms with E-state index in [1.165, 1.54) is 12.5 Å². The van der Waals surface area contributed by atoms with Crippen molar-refractivity contribution in [2.75, 3.05) is 26.4 Å². The van der Waals surface area contributed by atoms with E-state index in [0.717, 1.165) is 25.7 Å². The van der Waals surface area contributed by atoms with E-state index in [4.69, 9.17) is 37.9 Å². The quantitative estimate of drug-likeness (QED) is 0.0643. The van der Waals surface area contributed by atoms with Crippen LogP contribution < -0.4 is 0 Å². The van der Waals surface area contributed by atoms with Gasteiger partial charge in [0.05, 0.1) is 44.1 Å². The van der Waals surface area contributed by atoms with Crippen LogP contribution in [0.3, 0.4) is 0 Å². The number of ether oxygens (including phenoxy) is 8. The molecule has 9 rings (SSSR count). The molecule has 22 heteroatoms. The fraction of sp³-hybridized carbons (Fsp3) is 0.943. The van der Waals surface area contributed by atoms with E-state index in [2.05, 4.69) is 40.7 Å². The van der Waals surface area contributed by atoms with Crippen molar-refractivity contribution in [3.63, 3.8) is 0 Å². The lowest BCUT2D eigenvalue weighted by Gasteiger charge is -2.71. The first kappa shape index (κ1) is 58.1. The summed E-state index contributed by atoms with van der Waals surface area (Å²) in [5.74, 6) is -0.615.